The molecule has 6 heteroatoms. The number of halogens is 1. The van der Waals surface area contributed by atoms with Crippen LogP contribution in [-0.2, 0) is 17.8 Å². The van der Waals surface area contributed by atoms with Gasteiger partial charge in [0.25, 0.3) is 5.91 Å². The van der Waals surface area contributed by atoms with Crippen LogP contribution in [0.2, 0.25) is 5.02 Å². The first-order chi connectivity index (χ1) is 13.1. The Bertz CT molecular complexity index is 923. The summed E-state index contributed by atoms with van der Waals surface area (Å²) in [5, 5.41) is 4.89. The third kappa shape index (κ3) is 5.02. The van der Waals surface area contributed by atoms with Crippen LogP contribution in [0.25, 0.3) is 10.9 Å². The summed E-state index contributed by atoms with van der Waals surface area (Å²) in [6.45, 7) is 1.68. The van der Waals surface area contributed by atoms with Crippen molar-refractivity contribution in [2.75, 3.05) is 27.2 Å². The number of methoxy groups -OCH3 is 1. The summed E-state index contributed by atoms with van der Waals surface area (Å²) in [6.07, 6.45) is 2.82. The quantitative estimate of drug-likeness (QED) is 0.556. The number of amides is 1. The minimum absolute atomic E-state index is 0.0355. The fraction of sp³-hybridized carbons (Fsp3) is 0.286. The lowest BCUT2D eigenvalue weighted by atomic mass is 10.1. The van der Waals surface area contributed by atoms with Crippen LogP contribution in [0, 0.1) is 0 Å². The topological polar surface area (TPSA) is 58.6 Å². The number of aromatic amines is 1. The molecule has 3 rings (SSSR count). The summed E-state index contributed by atoms with van der Waals surface area (Å²) in [6, 6.07) is 13.7. The summed E-state index contributed by atoms with van der Waals surface area (Å²) in [5.41, 5.74) is 3.34. The average molecular weight is 387 g/mol. The number of aromatic nitrogens is 1. The summed E-state index contributed by atoms with van der Waals surface area (Å²) < 4.78 is 5.37. The van der Waals surface area contributed by atoms with Crippen molar-refractivity contribution in [1.29, 1.82) is 0 Å². The molecule has 1 atom stereocenters. The van der Waals surface area contributed by atoms with E-state index in [1.165, 1.54) is 10.9 Å². The Morgan fingerprint density at radius 2 is 2.04 bits per heavy atom. The first-order valence-corrected chi connectivity index (χ1v) is 9.40. The van der Waals surface area contributed by atoms with Crippen molar-refractivity contribution < 1.29 is 14.4 Å². The molecule has 0 aliphatic rings. The number of benzene rings is 2. The van der Waals surface area contributed by atoms with Crippen LogP contribution in [0.5, 0.6) is 5.75 Å². The van der Waals surface area contributed by atoms with Crippen LogP contribution < -0.4 is 15.0 Å². The molecule has 3 aromatic rings. The lowest BCUT2D eigenvalue weighted by Crippen LogP contribution is -3.08. The molecule has 1 heterocycles. The molecule has 0 aliphatic heterocycles. The van der Waals surface area contributed by atoms with Crippen LogP contribution in [0.3, 0.4) is 0 Å². The van der Waals surface area contributed by atoms with Crippen molar-refractivity contribution in [3.63, 3.8) is 0 Å². The van der Waals surface area contributed by atoms with Crippen LogP contribution >= 0.6 is 11.6 Å². The predicted octanol–water partition coefficient (Wildman–Crippen LogP) is 2.20. The van der Waals surface area contributed by atoms with Gasteiger partial charge in [-0.25, -0.2) is 0 Å². The molecule has 1 unspecified atom stereocenters. The maximum absolute atomic E-state index is 12.3. The van der Waals surface area contributed by atoms with Crippen LogP contribution in [0.1, 0.15) is 11.1 Å². The van der Waals surface area contributed by atoms with Crippen molar-refractivity contribution >= 4 is 28.4 Å². The maximum Gasteiger partial charge on any atom is 0.275 e. The van der Waals surface area contributed by atoms with E-state index in [2.05, 4.69) is 22.4 Å². The van der Waals surface area contributed by atoms with E-state index in [1.807, 2.05) is 37.5 Å². The minimum atomic E-state index is 0.0355. The minimum Gasteiger partial charge on any atom is -0.496 e. The van der Waals surface area contributed by atoms with Crippen LogP contribution in [0.15, 0.2) is 48.7 Å². The van der Waals surface area contributed by atoms with Gasteiger partial charge < -0.3 is 19.9 Å². The number of likely N-dealkylation sites (N-methyl/N-ethyl adjacent to an activating group) is 1. The monoisotopic (exact) mass is 386 g/mol. The van der Waals surface area contributed by atoms with Gasteiger partial charge in [-0.1, -0.05) is 29.8 Å². The van der Waals surface area contributed by atoms with Crippen LogP contribution in [0.4, 0.5) is 0 Å². The van der Waals surface area contributed by atoms with Crippen molar-refractivity contribution in [2.24, 2.45) is 0 Å². The number of quaternary nitrogens is 1. The van der Waals surface area contributed by atoms with Gasteiger partial charge in [-0.15, -0.1) is 0 Å². The smallest absolute Gasteiger partial charge is 0.275 e. The molecular formula is C21H25ClN3O2+. The maximum atomic E-state index is 12.3. The Balaban J connectivity index is 1.48. The Morgan fingerprint density at radius 3 is 2.85 bits per heavy atom. The Labute approximate surface area is 164 Å². The summed E-state index contributed by atoms with van der Waals surface area (Å²) in [5.74, 6) is 0.826. The van der Waals surface area contributed by atoms with E-state index in [4.69, 9.17) is 16.3 Å². The molecule has 0 radical (unpaired) electrons. The molecule has 0 spiro atoms. The Morgan fingerprint density at radius 1 is 1.22 bits per heavy atom. The van der Waals surface area contributed by atoms with Gasteiger partial charge >= 0.3 is 0 Å². The highest BCUT2D eigenvalue weighted by molar-refractivity contribution is 6.30. The van der Waals surface area contributed by atoms with Gasteiger partial charge in [0, 0.05) is 34.2 Å². The van der Waals surface area contributed by atoms with Gasteiger partial charge in [-0.2, -0.15) is 0 Å². The molecule has 1 amide bonds. The van der Waals surface area contributed by atoms with Gasteiger partial charge in [0.2, 0.25) is 0 Å². The molecule has 5 nitrogen and oxygen atoms in total. The predicted molar refractivity (Wildman–Crippen MR) is 108 cm³/mol. The van der Waals surface area contributed by atoms with Crippen molar-refractivity contribution in [3.8, 4) is 5.75 Å². The van der Waals surface area contributed by atoms with Crippen LogP contribution in [-0.4, -0.2) is 38.1 Å². The largest absolute Gasteiger partial charge is 0.496 e. The molecule has 0 aliphatic carbocycles. The van der Waals surface area contributed by atoms with E-state index >= 15 is 0 Å². The molecule has 0 saturated carbocycles. The third-order valence-corrected chi connectivity index (χ3v) is 4.82. The van der Waals surface area contributed by atoms with Gasteiger partial charge in [0.05, 0.1) is 14.2 Å². The Kier molecular flexibility index (Phi) is 6.37. The first-order valence-electron chi connectivity index (χ1n) is 9.02. The molecule has 0 fully saturated rings. The average Bonchev–Trinajstić information content (AvgIpc) is 3.05. The highest BCUT2D eigenvalue weighted by Gasteiger charge is 2.14. The highest BCUT2D eigenvalue weighted by Crippen LogP contribution is 2.21. The van der Waals surface area contributed by atoms with E-state index in [1.54, 1.807) is 13.2 Å². The first kappa shape index (κ1) is 19.3. The van der Waals surface area contributed by atoms with E-state index in [-0.39, 0.29) is 5.91 Å². The molecule has 1 aromatic heterocycles. The normalized spacial score (nSPS) is 12.1. The second-order valence-corrected chi connectivity index (χ2v) is 7.16. The van der Waals surface area contributed by atoms with E-state index in [9.17, 15) is 4.79 Å². The van der Waals surface area contributed by atoms with Gasteiger partial charge in [-0.3, -0.25) is 4.79 Å². The number of para-hydroxylation sites is 1. The lowest BCUT2D eigenvalue weighted by Gasteiger charge is -2.16. The highest BCUT2D eigenvalue weighted by atomic mass is 35.5. The molecule has 2 aromatic carbocycles. The number of ether oxygens (including phenoxy) is 1. The SMILES string of the molecule is COc1ccc(Cl)cc1C[NH+](C)CC(=O)NCCc1c[nH]c2ccccc12. The van der Waals surface area contributed by atoms with E-state index < -0.39 is 0 Å². The summed E-state index contributed by atoms with van der Waals surface area (Å²) >= 11 is 6.08. The van der Waals surface area contributed by atoms with Gasteiger partial charge in [-0.05, 0) is 36.2 Å². The number of hydrogen-bond donors (Lipinski definition) is 3. The fourth-order valence-electron chi connectivity index (χ4n) is 3.28. The zero-order valence-electron chi connectivity index (χ0n) is 15.6. The van der Waals surface area contributed by atoms with E-state index in [0.717, 1.165) is 28.2 Å². The number of rotatable bonds is 8. The number of fused-ring (bicyclic) bond motifs is 1. The standard InChI is InChI=1S/C21H24ClN3O2/c1-25(13-16-11-17(22)7-8-20(16)27-2)14-21(26)23-10-9-15-12-24-19-6-4-3-5-18(15)19/h3-8,11-12,24H,9-10,13-14H2,1-2H3,(H,23,26)/p+1. The molecule has 0 saturated heterocycles. The van der Waals surface area contributed by atoms with Gasteiger partial charge in [0.1, 0.15) is 12.3 Å². The van der Waals surface area contributed by atoms with E-state index in [0.29, 0.717) is 24.7 Å². The number of carbonyl (C=O) groups excluding carboxylic acids is 1. The van der Waals surface area contributed by atoms with Gasteiger partial charge in [0.15, 0.2) is 6.54 Å². The van der Waals surface area contributed by atoms with Crippen molar-refractivity contribution in [1.82, 2.24) is 10.3 Å². The fourth-order valence-corrected chi connectivity index (χ4v) is 3.48. The lowest BCUT2D eigenvalue weighted by molar-refractivity contribution is -0.885. The molecule has 3 N–H and O–H groups in total. The summed E-state index contributed by atoms with van der Waals surface area (Å²) in [4.78, 5) is 16.6. The third-order valence-electron chi connectivity index (χ3n) is 4.59. The number of H-pyrrole nitrogens is 1. The molecule has 0 bridgehead atoms. The van der Waals surface area contributed by atoms with Crippen molar-refractivity contribution in [3.05, 3.63) is 64.8 Å². The summed E-state index contributed by atoms with van der Waals surface area (Å²) in [7, 11) is 3.62. The second-order valence-electron chi connectivity index (χ2n) is 6.73. The Hall–Kier alpha value is -2.50. The molecule has 27 heavy (non-hydrogen) atoms. The zero-order valence-corrected chi connectivity index (χ0v) is 16.4. The zero-order chi connectivity index (χ0) is 19.2. The molecule has 142 valence electrons. The molecular weight excluding hydrogens is 362 g/mol. The number of nitrogens with one attached hydrogen (secondary N) is 3. The number of hydrogen-bond acceptors (Lipinski definition) is 2. The number of carbonyl (C=O) groups is 1. The van der Waals surface area contributed by atoms with Crippen molar-refractivity contribution in [2.45, 2.75) is 13.0 Å². The second kappa shape index (κ2) is 8.93.